The molecule has 2 fully saturated rings. The predicted octanol–water partition coefficient (Wildman–Crippen LogP) is 3.48. The Bertz CT molecular complexity index is 919. The van der Waals surface area contributed by atoms with Crippen LogP contribution in [0.5, 0.6) is 0 Å². The van der Waals surface area contributed by atoms with E-state index in [4.69, 9.17) is 4.98 Å². The number of quaternary nitrogens is 1. The van der Waals surface area contributed by atoms with E-state index in [-0.39, 0.29) is 0 Å². The number of amides is 1. The van der Waals surface area contributed by atoms with Crippen LogP contribution in [-0.2, 0) is 4.79 Å². The molecule has 1 unspecified atom stereocenters. The fourth-order valence-electron chi connectivity index (χ4n) is 4.73. The molecule has 3 atom stereocenters. The van der Waals surface area contributed by atoms with Gasteiger partial charge in [0.25, 0.3) is 5.91 Å². The Kier molecular flexibility index (Phi) is 5.18. The van der Waals surface area contributed by atoms with Crippen molar-refractivity contribution in [2.45, 2.75) is 37.6 Å². The van der Waals surface area contributed by atoms with Gasteiger partial charge in [0.1, 0.15) is 6.04 Å². The van der Waals surface area contributed by atoms with Gasteiger partial charge in [-0.15, -0.1) is 22.7 Å². The molecule has 146 valence electrons. The van der Waals surface area contributed by atoms with E-state index in [0.29, 0.717) is 24.4 Å². The van der Waals surface area contributed by atoms with E-state index in [0.717, 1.165) is 38.0 Å². The quantitative estimate of drug-likeness (QED) is 0.712. The van der Waals surface area contributed by atoms with E-state index in [1.54, 1.807) is 11.3 Å². The summed E-state index contributed by atoms with van der Waals surface area (Å²) in [6.07, 6.45) is 4.64. The maximum atomic E-state index is 13.1. The summed E-state index contributed by atoms with van der Waals surface area (Å²) in [4.78, 5) is 23.0. The third kappa shape index (κ3) is 3.61. The summed E-state index contributed by atoms with van der Waals surface area (Å²) in [7, 11) is 0. The van der Waals surface area contributed by atoms with E-state index < -0.39 is 0 Å². The molecule has 0 saturated carbocycles. The molecule has 0 aliphatic carbocycles. The highest BCUT2D eigenvalue weighted by Crippen LogP contribution is 2.33. The molecule has 3 aromatic rings. The maximum absolute atomic E-state index is 13.1. The number of aromatic nitrogens is 1. The van der Waals surface area contributed by atoms with Crippen LogP contribution in [0.1, 0.15) is 47.5 Å². The van der Waals surface area contributed by atoms with Crippen LogP contribution in [0.2, 0.25) is 0 Å². The molecular weight excluding hydrogens is 386 g/mol. The van der Waals surface area contributed by atoms with Gasteiger partial charge < -0.3 is 9.80 Å². The van der Waals surface area contributed by atoms with Gasteiger partial charge in [-0.05, 0) is 36.4 Å². The van der Waals surface area contributed by atoms with Crippen LogP contribution >= 0.6 is 22.7 Å². The zero-order valence-electron chi connectivity index (χ0n) is 16.0. The Hall–Kier alpha value is -1.76. The first-order chi connectivity index (χ1) is 13.8. The molecule has 1 N–H and O–H groups in total. The molecular formula is C22H26N3OS2+. The first-order valence-electron chi connectivity index (χ1n) is 10.3. The fraction of sp³-hybridized carbons (Fsp3) is 0.455. The number of nitrogens with one attached hydrogen (secondary N) is 1. The van der Waals surface area contributed by atoms with Crippen molar-refractivity contribution in [3.63, 3.8) is 0 Å². The molecule has 4 nitrogen and oxygen atoms in total. The largest absolute Gasteiger partial charge is 0.337 e. The van der Waals surface area contributed by atoms with Gasteiger partial charge in [0, 0.05) is 31.8 Å². The number of carbonyl (C=O) groups is 1. The molecule has 28 heavy (non-hydrogen) atoms. The van der Waals surface area contributed by atoms with Gasteiger partial charge in [-0.2, -0.15) is 0 Å². The highest BCUT2D eigenvalue weighted by Gasteiger charge is 2.35. The molecule has 2 aromatic heterocycles. The van der Waals surface area contributed by atoms with E-state index in [1.807, 2.05) is 17.4 Å². The van der Waals surface area contributed by atoms with Crippen LogP contribution < -0.4 is 4.90 Å². The van der Waals surface area contributed by atoms with Gasteiger partial charge in [0.2, 0.25) is 0 Å². The van der Waals surface area contributed by atoms with Crippen molar-refractivity contribution in [1.29, 1.82) is 0 Å². The topological polar surface area (TPSA) is 37.6 Å². The van der Waals surface area contributed by atoms with Gasteiger partial charge in [-0.1, -0.05) is 18.2 Å². The van der Waals surface area contributed by atoms with Gasteiger partial charge in [0.15, 0.2) is 6.54 Å². The van der Waals surface area contributed by atoms with E-state index in [1.165, 1.54) is 32.3 Å². The molecule has 5 rings (SSSR count). The third-order valence-corrected chi connectivity index (χ3v) is 8.37. The SMILES string of the molecule is O=C(C[NH+]1CCC[C@@H]1c1cccs1)N1CCC[C@@H](c2nc3ccccc3s2)C1. The van der Waals surface area contributed by atoms with Crippen LogP contribution in [0.3, 0.4) is 0 Å². The molecule has 4 heterocycles. The minimum absolute atomic E-state index is 0.323. The minimum Gasteiger partial charge on any atom is -0.337 e. The Morgan fingerprint density at radius 3 is 2.96 bits per heavy atom. The smallest absolute Gasteiger partial charge is 0.277 e. The molecule has 6 heteroatoms. The summed E-state index contributed by atoms with van der Waals surface area (Å²) < 4.78 is 1.25. The Morgan fingerprint density at radius 2 is 2.11 bits per heavy atom. The van der Waals surface area contributed by atoms with Crippen molar-refractivity contribution >= 4 is 38.8 Å². The van der Waals surface area contributed by atoms with Crippen LogP contribution in [0.25, 0.3) is 10.2 Å². The number of hydrogen-bond acceptors (Lipinski definition) is 4. The molecule has 1 amide bonds. The second-order valence-corrected chi connectivity index (χ2v) is 10.0. The number of benzene rings is 1. The lowest BCUT2D eigenvalue weighted by atomic mass is 9.98. The van der Waals surface area contributed by atoms with E-state index in [9.17, 15) is 4.79 Å². The van der Waals surface area contributed by atoms with Gasteiger partial charge >= 0.3 is 0 Å². The van der Waals surface area contributed by atoms with Crippen molar-refractivity contribution in [3.05, 3.63) is 51.7 Å². The Labute approximate surface area is 173 Å². The van der Waals surface area contributed by atoms with E-state index in [2.05, 4.69) is 40.6 Å². The lowest BCUT2D eigenvalue weighted by Crippen LogP contribution is -3.11. The number of rotatable bonds is 4. The summed E-state index contributed by atoms with van der Waals surface area (Å²) in [6.45, 7) is 3.48. The first-order valence-corrected chi connectivity index (χ1v) is 12.0. The number of thiophene rings is 1. The highest BCUT2D eigenvalue weighted by molar-refractivity contribution is 7.18. The summed E-state index contributed by atoms with van der Waals surface area (Å²) in [5.41, 5.74) is 1.09. The lowest BCUT2D eigenvalue weighted by Gasteiger charge is -2.32. The van der Waals surface area contributed by atoms with Crippen molar-refractivity contribution in [3.8, 4) is 0 Å². The molecule has 0 bridgehead atoms. The molecule has 2 saturated heterocycles. The second kappa shape index (κ2) is 7.93. The number of para-hydroxylation sites is 1. The highest BCUT2D eigenvalue weighted by atomic mass is 32.1. The number of hydrogen-bond donors (Lipinski definition) is 1. The number of fused-ring (bicyclic) bond motifs is 1. The van der Waals surface area contributed by atoms with Crippen LogP contribution in [0.15, 0.2) is 41.8 Å². The Balaban J connectivity index is 1.26. The summed E-state index contributed by atoms with van der Waals surface area (Å²) in [5.74, 6) is 0.709. The molecule has 0 radical (unpaired) electrons. The zero-order chi connectivity index (χ0) is 18.9. The second-order valence-electron chi connectivity index (χ2n) is 7.99. The molecule has 2 aliphatic heterocycles. The van der Waals surface area contributed by atoms with Crippen molar-refractivity contribution < 1.29 is 9.69 Å². The van der Waals surface area contributed by atoms with Crippen molar-refractivity contribution in [2.75, 3.05) is 26.2 Å². The average molecular weight is 413 g/mol. The zero-order valence-corrected chi connectivity index (χ0v) is 17.6. The van der Waals surface area contributed by atoms with Gasteiger partial charge in [0.05, 0.1) is 26.6 Å². The standard InChI is InChI=1S/C22H25N3OS2/c26-21(15-24-11-4-8-18(24)20-10-5-13-27-20)25-12-3-6-16(14-25)22-23-17-7-1-2-9-19(17)28-22/h1-2,5,7,9-10,13,16,18H,3-4,6,8,11-12,14-15H2/p+1/t16-,18-/m1/s1. The van der Waals surface area contributed by atoms with Crippen LogP contribution in [0, 0.1) is 0 Å². The summed E-state index contributed by atoms with van der Waals surface area (Å²) in [6, 6.07) is 13.2. The van der Waals surface area contributed by atoms with Gasteiger partial charge in [-0.25, -0.2) is 4.98 Å². The van der Waals surface area contributed by atoms with Crippen LogP contribution in [-0.4, -0.2) is 42.0 Å². The number of carbonyl (C=O) groups excluding carboxylic acids is 1. The van der Waals surface area contributed by atoms with Gasteiger partial charge in [-0.3, -0.25) is 4.79 Å². The predicted molar refractivity (Wildman–Crippen MR) is 115 cm³/mol. The van der Waals surface area contributed by atoms with E-state index >= 15 is 0 Å². The summed E-state index contributed by atoms with van der Waals surface area (Å²) >= 11 is 3.63. The molecule has 0 spiro atoms. The monoisotopic (exact) mass is 412 g/mol. The normalized spacial score (nSPS) is 25.4. The lowest BCUT2D eigenvalue weighted by molar-refractivity contribution is -0.910. The van der Waals surface area contributed by atoms with Crippen molar-refractivity contribution in [2.24, 2.45) is 0 Å². The number of piperidine rings is 1. The van der Waals surface area contributed by atoms with Crippen molar-refractivity contribution in [1.82, 2.24) is 9.88 Å². The number of nitrogens with zero attached hydrogens (tertiary/aromatic N) is 2. The number of likely N-dealkylation sites (tertiary alicyclic amines) is 2. The number of thiazole rings is 1. The molecule has 2 aliphatic rings. The van der Waals surface area contributed by atoms with Crippen LogP contribution in [0.4, 0.5) is 0 Å². The Morgan fingerprint density at radius 1 is 1.18 bits per heavy atom. The minimum atomic E-state index is 0.323. The first kappa shape index (κ1) is 18.3. The maximum Gasteiger partial charge on any atom is 0.277 e. The average Bonchev–Trinajstić information content (AvgIpc) is 3.47. The third-order valence-electron chi connectivity index (χ3n) is 6.18. The fourth-order valence-corrected chi connectivity index (χ4v) is 6.75. The molecule has 1 aromatic carbocycles. The summed E-state index contributed by atoms with van der Waals surface area (Å²) in [5, 5.41) is 3.35.